The van der Waals surface area contributed by atoms with Crippen LogP contribution < -0.4 is 0 Å². The van der Waals surface area contributed by atoms with E-state index in [-0.39, 0.29) is 0 Å². The maximum absolute atomic E-state index is 2.75. The zero-order valence-electron chi connectivity index (χ0n) is 10.6. The molecule has 3 rings (SSSR count). The van der Waals surface area contributed by atoms with Crippen molar-refractivity contribution >= 4 is 0 Å². The molecule has 1 aliphatic carbocycles. The van der Waals surface area contributed by atoms with Gasteiger partial charge in [0.15, 0.2) is 0 Å². The van der Waals surface area contributed by atoms with Crippen LogP contribution in [0, 0.1) is 11.3 Å². The standard InChI is InChI=1S/C13H25N/c1-12(2,3)10-7-9-8-11(10)14(9)13(4,5)6/h9-11H,7-8H2,1-6H3. The molecule has 1 saturated carbocycles. The van der Waals surface area contributed by atoms with Gasteiger partial charge in [-0.3, -0.25) is 4.90 Å². The van der Waals surface area contributed by atoms with Crippen LogP contribution in [0.2, 0.25) is 0 Å². The summed E-state index contributed by atoms with van der Waals surface area (Å²) in [6, 6.07) is 1.77. The second kappa shape index (κ2) is 2.75. The molecule has 0 spiro atoms. The lowest BCUT2D eigenvalue weighted by atomic mass is 9.77. The fourth-order valence-electron chi connectivity index (χ4n) is 3.63. The normalized spacial score (nSPS) is 38.6. The van der Waals surface area contributed by atoms with E-state index in [1.807, 2.05) is 0 Å². The average Bonchev–Trinajstić information content (AvgIpc) is 2.30. The fourth-order valence-corrected chi connectivity index (χ4v) is 3.63. The Morgan fingerprint density at radius 1 is 0.929 bits per heavy atom. The van der Waals surface area contributed by atoms with E-state index in [1.54, 1.807) is 0 Å². The Labute approximate surface area is 88.9 Å². The van der Waals surface area contributed by atoms with Gasteiger partial charge in [-0.1, -0.05) is 20.8 Å². The molecule has 0 amide bonds. The molecule has 1 heteroatoms. The van der Waals surface area contributed by atoms with Gasteiger partial charge >= 0.3 is 0 Å². The number of rotatable bonds is 0. The third kappa shape index (κ3) is 1.41. The quantitative estimate of drug-likeness (QED) is 0.573. The molecule has 3 atom stereocenters. The lowest BCUT2D eigenvalue weighted by molar-refractivity contribution is -0.0277. The molecule has 2 bridgehead atoms. The summed E-state index contributed by atoms with van der Waals surface area (Å²) in [4.78, 5) is 2.75. The van der Waals surface area contributed by atoms with Crippen molar-refractivity contribution in [3.8, 4) is 0 Å². The van der Waals surface area contributed by atoms with Gasteiger partial charge in [-0.25, -0.2) is 0 Å². The third-order valence-electron chi connectivity index (χ3n) is 4.14. The summed E-state index contributed by atoms with van der Waals surface area (Å²) in [5.74, 6) is 0.923. The maximum atomic E-state index is 2.75. The SMILES string of the molecule is CC(C)(C)C1CC2CC1N2C(C)(C)C. The first-order chi connectivity index (χ1) is 6.21. The van der Waals surface area contributed by atoms with Crippen molar-refractivity contribution in [2.24, 2.45) is 11.3 Å². The molecule has 2 heterocycles. The molecule has 82 valence electrons. The lowest BCUT2D eigenvalue weighted by Gasteiger charge is -2.51. The number of fused-ring (bicyclic) bond motifs is 1. The van der Waals surface area contributed by atoms with Crippen LogP contribution in [0.15, 0.2) is 0 Å². The van der Waals surface area contributed by atoms with E-state index in [0.717, 1.165) is 18.0 Å². The molecule has 0 aromatic carbocycles. The molecule has 0 aromatic rings. The Balaban J connectivity index is 2.12. The second-order valence-electron chi connectivity index (χ2n) is 7.24. The van der Waals surface area contributed by atoms with Crippen LogP contribution in [-0.4, -0.2) is 22.5 Å². The Bertz CT molecular complexity index is 215. The van der Waals surface area contributed by atoms with Crippen LogP contribution in [0.1, 0.15) is 54.4 Å². The highest BCUT2D eigenvalue weighted by Crippen LogP contribution is 2.54. The van der Waals surface area contributed by atoms with E-state index in [9.17, 15) is 0 Å². The second-order valence-corrected chi connectivity index (χ2v) is 7.24. The van der Waals surface area contributed by atoms with Crippen LogP contribution in [0.5, 0.6) is 0 Å². The van der Waals surface area contributed by atoms with Crippen molar-refractivity contribution in [2.75, 3.05) is 0 Å². The van der Waals surface area contributed by atoms with Gasteiger partial charge in [0, 0.05) is 17.6 Å². The van der Waals surface area contributed by atoms with Gasteiger partial charge in [0.25, 0.3) is 0 Å². The van der Waals surface area contributed by atoms with E-state index in [1.165, 1.54) is 12.8 Å². The first-order valence-corrected chi connectivity index (χ1v) is 6.00. The van der Waals surface area contributed by atoms with Gasteiger partial charge in [0.05, 0.1) is 0 Å². The van der Waals surface area contributed by atoms with Crippen molar-refractivity contribution in [1.82, 2.24) is 4.90 Å². The molecular formula is C13H25N. The van der Waals surface area contributed by atoms with E-state index in [2.05, 4.69) is 46.4 Å². The molecule has 3 aliphatic rings. The highest BCUT2D eigenvalue weighted by atomic mass is 15.3. The zero-order valence-corrected chi connectivity index (χ0v) is 10.6. The number of hydrogen-bond acceptors (Lipinski definition) is 1. The molecule has 3 unspecified atom stereocenters. The van der Waals surface area contributed by atoms with E-state index >= 15 is 0 Å². The topological polar surface area (TPSA) is 3.24 Å². The summed E-state index contributed by atoms with van der Waals surface area (Å²) < 4.78 is 0. The number of hydrogen-bond donors (Lipinski definition) is 0. The van der Waals surface area contributed by atoms with Crippen LogP contribution in [0.4, 0.5) is 0 Å². The predicted molar refractivity (Wildman–Crippen MR) is 61.3 cm³/mol. The van der Waals surface area contributed by atoms with Crippen molar-refractivity contribution in [1.29, 1.82) is 0 Å². The van der Waals surface area contributed by atoms with Crippen molar-refractivity contribution in [3.05, 3.63) is 0 Å². The zero-order chi connectivity index (χ0) is 10.7. The summed E-state index contributed by atoms with van der Waals surface area (Å²) >= 11 is 0. The minimum Gasteiger partial charge on any atom is -0.292 e. The van der Waals surface area contributed by atoms with Gasteiger partial charge in [0.2, 0.25) is 0 Å². The monoisotopic (exact) mass is 195 g/mol. The highest BCUT2D eigenvalue weighted by molar-refractivity contribution is 5.11. The van der Waals surface area contributed by atoms with Gasteiger partial charge in [0.1, 0.15) is 0 Å². The van der Waals surface area contributed by atoms with E-state index < -0.39 is 0 Å². The van der Waals surface area contributed by atoms with Crippen molar-refractivity contribution in [3.63, 3.8) is 0 Å². The Morgan fingerprint density at radius 3 is 1.79 bits per heavy atom. The summed E-state index contributed by atoms with van der Waals surface area (Å²) in [7, 11) is 0. The van der Waals surface area contributed by atoms with Crippen LogP contribution >= 0.6 is 0 Å². The fraction of sp³-hybridized carbons (Fsp3) is 1.00. The summed E-state index contributed by atoms with van der Waals surface area (Å²) in [5, 5.41) is 0. The molecule has 0 radical (unpaired) electrons. The molecule has 3 fully saturated rings. The molecule has 14 heavy (non-hydrogen) atoms. The largest absolute Gasteiger partial charge is 0.292 e. The molecule has 0 N–H and O–H groups in total. The van der Waals surface area contributed by atoms with Crippen molar-refractivity contribution < 1.29 is 0 Å². The Hall–Kier alpha value is -0.0400. The van der Waals surface area contributed by atoms with Crippen LogP contribution in [0.3, 0.4) is 0 Å². The predicted octanol–water partition coefficient (Wildman–Crippen LogP) is 3.29. The molecule has 2 saturated heterocycles. The highest BCUT2D eigenvalue weighted by Gasteiger charge is 2.57. The van der Waals surface area contributed by atoms with Crippen LogP contribution in [0.25, 0.3) is 0 Å². The Morgan fingerprint density at radius 2 is 1.50 bits per heavy atom. The minimum absolute atomic E-state index is 0.383. The molecular weight excluding hydrogens is 170 g/mol. The van der Waals surface area contributed by atoms with Gasteiger partial charge in [-0.05, 0) is 44.9 Å². The van der Waals surface area contributed by atoms with Gasteiger partial charge < -0.3 is 0 Å². The van der Waals surface area contributed by atoms with Gasteiger partial charge in [-0.2, -0.15) is 0 Å². The molecule has 0 aromatic heterocycles. The summed E-state index contributed by atoms with van der Waals surface area (Å²) in [5.41, 5.74) is 0.882. The van der Waals surface area contributed by atoms with Gasteiger partial charge in [-0.15, -0.1) is 0 Å². The van der Waals surface area contributed by atoms with E-state index in [0.29, 0.717) is 11.0 Å². The smallest absolute Gasteiger partial charge is 0.0152 e. The van der Waals surface area contributed by atoms with Crippen molar-refractivity contribution in [2.45, 2.75) is 72.0 Å². The Kier molecular flexibility index (Phi) is 2.06. The van der Waals surface area contributed by atoms with E-state index in [4.69, 9.17) is 0 Å². The summed E-state index contributed by atoms with van der Waals surface area (Å²) in [6.07, 6.45) is 2.89. The maximum Gasteiger partial charge on any atom is 0.0152 e. The third-order valence-corrected chi connectivity index (χ3v) is 4.14. The first-order valence-electron chi connectivity index (χ1n) is 6.00. The molecule has 1 nitrogen and oxygen atoms in total. The first kappa shape index (κ1) is 10.5. The van der Waals surface area contributed by atoms with Crippen LogP contribution in [-0.2, 0) is 0 Å². The lowest BCUT2D eigenvalue weighted by Crippen LogP contribution is -2.59. The average molecular weight is 195 g/mol. The molecule has 2 aliphatic heterocycles. The summed E-state index contributed by atoms with van der Waals surface area (Å²) in [6.45, 7) is 14.3. The number of nitrogens with zero attached hydrogens (tertiary/aromatic N) is 1. The minimum atomic E-state index is 0.383.